The summed E-state index contributed by atoms with van der Waals surface area (Å²) in [5, 5.41) is 0. The van der Waals surface area contributed by atoms with Gasteiger partial charge in [0.1, 0.15) is 0 Å². The van der Waals surface area contributed by atoms with Crippen LogP contribution in [0.4, 0.5) is 0 Å². The molecule has 0 aliphatic rings. The van der Waals surface area contributed by atoms with Gasteiger partial charge in [0.2, 0.25) is 10.0 Å². The average molecular weight is 256 g/mol. The highest BCUT2D eigenvalue weighted by Gasteiger charge is 2.22. The molecule has 0 aliphatic heterocycles. The Balaban J connectivity index is 4.61. The van der Waals surface area contributed by atoms with E-state index in [0.717, 1.165) is 0 Å². The molecule has 5 heteroatoms. The molecule has 0 bridgehead atoms. The van der Waals surface area contributed by atoms with Gasteiger partial charge in [0.25, 0.3) is 0 Å². The van der Waals surface area contributed by atoms with E-state index in [1.165, 1.54) is 0 Å². The van der Waals surface area contributed by atoms with Crippen LogP contribution in [0.1, 0.15) is 27.7 Å². The summed E-state index contributed by atoms with van der Waals surface area (Å²) in [6.07, 6.45) is 0. The Kier molecular flexibility index (Phi) is 6.80. The fourth-order valence-corrected chi connectivity index (χ4v) is 3.43. The first-order chi connectivity index (χ1) is 6.79. The van der Waals surface area contributed by atoms with Gasteiger partial charge in [-0.25, -0.2) is 12.7 Å². The molecule has 0 saturated carbocycles. The smallest absolute Gasteiger partial charge is 0.212 e. The number of rotatable bonds is 7. The van der Waals surface area contributed by atoms with E-state index in [-0.39, 0.29) is 11.6 Å². The minimum Gasteiger partial charge on any atom is -0.212 e. The van der Waals surface area contributed by atoms with Crippen LogP contribution in [-0.4, -0.2) is 37.4 Å². The summed E-state index contributed by atoms with van der Waals surface area (Å²) in [4.78, 5) is 0. The first-order valence-electron chi connectivity index (χ1n) is 5.33. The van der Waals surface area contributed by atoms with Gasteiger partial charge in [-0.05, 0) is 11.8 Å². The fourth-order valence-electron chi connectivity index (χ4n) is 1.34. The Morgan fingerprint density at radius 2 is 1.47 bits per heavy atom. The summed E-state index contributed by atoms with van der Waals surface area (Å²) in [5.41, 5.74) is 0. The molecule has 0 atom stereocenters. The molecule has 0 aromatic carbocycles. The zero-order valence-electron chi connectivity index (χ0n) is 10.0. The van der Waals surface area contributed by atoms with Crippen LogP contribution in [0.3, 0.4) is 0 Å². The summed E-state index contributed by atoms with van der Waals surface area (Å²) in [6, 6.07) is 0. The topological polar surface area (TPSA) is 37.4 Å². The number of sulfonamides is 1. The molecule has 0 unspecified atom stereocenters. The third-order valence-corrected chi connectivity index (χ3v) is 4.08. The Hall–Kier alpha value is 0.200. The molecule has 0 N–H and O–H groups in total. The van der Waals surface area contributed by atoms with E-state index in [4.69, 9.17) is 11.6 Å². The van der Waals surface area contributed by atoms with E-state index in [1.54, 1.807) is 4.31 Å². The van der Waals surface area contributed by atoms with Crippen molar-refractivity contribution in [3.05, 3.63) is 0 Å². The van der Waals surface area contributed by atoms with Gasteiger partial charge in [-0.15, -0.1) is 11.6 Å². The van der Waals surface area contributed by atoms with E-state index in [9.17, 15) is 8.42 Å². The zero-order valence-corrected chi connectivity index (χ0v) is 11.6. The lowest BCUT2D eigenvalue weighted by atomic mass is 10.2. The standard InChI is InChI=1S/C10H22ClNO2S/c1-9(2)7-12(8-10(3)4)15(13,14)6-5-11/h9-10H,5-8H2,1-4H3. The summed E-state index contributed by atoms with van der Waals surface area (Å²) in [6.45, 7) is 9.23. The molecular weight excluding hydrogens is 234 g/mol. The van der Waals surface area contributed by atoms with Gasteiger partial charge in [0.05, 0.1) is 5.75 Å². The minimum absolute atomic E-state index is 0.0357. The highest BCUT2D eigenvalue weighted by molar-refractivity contribution is 7.89. The van der Waals surface area contributed by atoms with Crippen molar-refractivity contribution in [3.8, 4) is 0 Å². The van der Waals surface area contributed by atoms with Crippen LogP contribution in [-0.2, 0) is 10.0 Å². The number of hydrogen-bond acceptors (Lipinski definition) is 2. The first kappa shape index (κ1) is 15.2. The zero-order chi connectivity index (χ0) is 12.1. The lowest BCUT2D eigenvalue weighted by Gasteiger charge is -2.25. The molecule has 0 spiro atoms. The van der Waals surface area contributed by atoms with Gasteiger partial charge in [0.15, 0.2) is 0 Å². The van der Waals surface area contributed by atoms with Gasteiger partial charge in [-0.3, -0.25) is 0 Å². The monoisotopic (exact) mass is 255 g/mol. The Morgan fingerprint density at radius 1 is 1.07 bits per heavy atom. The van der Waals surface area contributed by atoms with Crippen LogP contribution in [0.2, 0.25) is 0 Å². The van der Waals surface area contributed by atoms with E-state index >= 15 is 0 Å². The Labute approximate surface area is 98.8 Å². The van der Waals surface area contributed by atoms with Crippen LogP contribution < -0.4 is 0 Å². The van der Waals surface area contributed by atoms with Crippen molar-refractivity contribution in [2.24, 2.45) is 11.8 Å². The Bertz CT molecular complexity index is 253. The van der Waals surface area contributed by atoms with Crippen LogP contribution in [0.5, 0.6) is 0 Å². The van der Waals surface area contributed by atoms with Gasteiger partial charge in [0, 0.05) is 19.0 Å². The van der Waals surface area contributed by atoms with Crippen LogP contribution in [0, 0.1) is 11.8 Å². The van der Waals surface area contributed by atoms with Crippen molar-refractivity contribution in [1.29, 1.82) is 0 Å². The molecule has 0 radical (unpaired) electrons. The van der Waals surface area contributed by atoms with Crippen LogP contribution in [0.25, 0.3) is 0 Å². The summed E-state index contributed by atoms with van der Waals surface area (Å²) < 4.78 is 25.2. The lowest BCUT2D eigenvalue weighted by molar-refractivity contribution is 0.334. The minimum atomic E-state index is -3.16. The molecule has 15 heavy (non-hydrogen) atoms. The number of halogens is 1. The van der Waals surface area contributed by atoms with E-state index in [1.807, 2.05) is 27.7 Å². The summed E-state index contributed by atoms with van der Waals surface area (Å²) in [7, 11) is -3.16. The highest BCUT2D eigenvalue weighted by Crippen LogP contribution is 2.10. The SMILES string of the molecule is CC(C)CN(CC(C)C)S(=O)(=O)CCCl. The summed E-state index contributed by atoms with van der Waals surface area (Å²) in [5.74, 6) is 0.880. The van der Waals surface area contributed by atoms with Gasteiger partial charge < -0.3 is 0 Å². The highest BCUT2D eigenvalue weighted by atomic mass is 35.5. The van der Waals surface area contributed by atoms with Gasteiger partial charge >= 0.3 is 0 Å². The van der Waals surface area contributed by atoms with Crippen molar-refractivity contribution in [2.45, 2.75) is 27.7 Å². The summed E-state index contributed by atoms with van der Waals surface area (Å²) >= 11 is 5.50. The molecule has 3 nitrogen and oxygen atoms in total. The quantitative estimate of drug-likeness (QED) is 0.654. The molecule has 0 rings (SSSR count). The normalized spacial score (nSPS) is 13.1. The number of hydrogen-bond donors (Lipinski definition) is 0. The van der Waals surface area contributed by atoms with Crippen LogP contribution >= 0.6 is 11.6 Å². The maximum Gasteiger partial charge on any atom is 0.215 e. The molecule has 0 amide bonds. The lowest BCUT2D eigenvalue weighted by Crippen LogP contribution is -2.38. The van der Waals surface area contributed by atoms with E-state index in [0.29, 0.717) is 24.9 Å². The molecule has 0 aliphatic carbocycles. The molecule has 0 fully saturated rings. The van der Waals surface area contributed by atoms with Crippen molar-refractivity contribution < 1.29 is 8.42 Å². The molecule has 0 saturated heterocycles. The second-order valence-electron chi connectivity index (χ2n) is 4.61. The predicted octanol–water partition coefficient (Wildman–Crippen LogP) is 2.17. The van der Waals surface area contributed by atoms with Crippen molar-refractivity contribution in [1.82, 2.24) is 4.31 Å². The second kappa shape index (κ2) is 6.71. The third-order valence-electron chi connectivity index (χ3n) is 1.87. The number of alkyl halides is 1. The first-order valence-corrected chi connectivity index (χ1v) is 7.47. The van der Waals surface area contributed by atoms with Crippen molar-refractivity contribution in [3.63, 3.8) is 0 Å². The van der Waals surface area contributed by atoms with Crippen LogP contribution in [0.15, 0.2) is 0 Å². The van der Waals surface area contributed by atoms with Gasteiger partial charge in [-0.1, -0.05) is 27.7 Å². The second-order valence-corrected chi connectivity index (χ2v) is 7.08. The third kappa shape index (κ3) is 6.38. The van der Waals surface area contributed by atoms with Crippen molar-refractivity contribution in [2.75, 3.05) is 24.7 Å². The predicted molar refractivity (Wildman–Crippen MR) is 65.8 cm³/mol. The molecule has 0 aromatic heterocycles. The molecule has 0 aromatic rings. The number of nitrogens with zero attached hydrogens (tertiary/aromatic N) is 1. The maximum atomic E-state index is 11.8. The molecular formula is C10H22ClNO2S. The molecule has 92 valence electrons. The molecule has 0 heterocycles. The largest absolute Gasteiger partial charge is 0.215 e. The van der Waals surface area contributed by atoms with E-state index < -0.39 is 10.0 Å². The maximum absolute atomic E-state index is 11.8. The fraction of sp³-hybridized carbons (Fsp3) is 1.00. The Morgan fingerprint density at radius 3 is 1.73 bits per heavy atom. The average Bonchev–Trinajstić information content (AvgIpc) is 2.00. The van der Waals surface area contributed by atoms with Crippen molar-refractivity contribution >= 4 is 21.6 Å². The van der Waals surface area contributed by atoms with Gasteiger partial charge in [-0.2, -0.15) is 0 Å². The van der Waals surface area contributed by atoms with E-state index in [2.05, 4.69) is 0 Å².